The second kappa shape index (κ2) is 8.65. The number of aromatic nitrogens is 3. The van der Waals surface area contributed by atoms with Crippen LogP contribution in [0.5, 0.6) is 0 Å². The molecule has 1 amide bonds. The van der Waals surface area contributed by atoms with E-state index in [0.717, 1.165) is 5.56 Å². The smallest absolute Gasteiger partial charge is 0.259 e. The van der Waals surface area contributed by atoms with Crippen molar-refractivity contribution in [1.82, 2.24) is 20.1 Å². The third-order valence-electron chi connectivity index (χ3n) is 3.68. The van der Waals surface area contributed by atoms with Crippen molar-refractivity contribution in [3.63, 3.8) is 0 Å². The molecule has 0 atom stereocenters. The minimum Gasteiger partial charge on any atom is -0.366 e. The van der Waals surface area contributed by atoms with Crippen molar-refractivity contribution >= 4 is 28.2 Å². The molecule has 2 N–H and O–H groups in total. The third-order valence-corrected chi connectivity index (χ3v) is 4.29. The van der Waals surface area contributed by atoms with Crippen LogP contribution in [0.4, 0.5) is 15.3 Å². The molecule has 9 heteroatoms. The Bertz CT molecular complexity index is 899. The normalized spacial score (nSPS) is 10.8. The quantitative estimate of drug-likeness (QED) is 0.650. The van der Waals surface area contributed by atoms with Crippen LogP contribution in [0.15, 0.2) is 42.0 Å². The molecule has 0 saturated heterocycles. The number of anilines is 2. The maximum Gasteiger partial charge on any atom is 0.259 e. The van der Waals surface area contributed by atoms with Gasteiger partial charge in [-0.05, 0) is 37.9 Å². The molecule has 0 radical (unpaired) electrons. The van der Waals surface area contributed by atoms with Gasteiger partial charge >= 0.3 is 0 Å². The number of nitrogens with one attached hydrogen (secondary N) is 2. The summed E-state index contributed by atoms with van der Waals surface area (Å²) >= 11 is 1.24. The predicted molar refractivity (Wildman–Crippen MR) is 103 cm³/mol. The van der Waals surface area contributed by atoms with Crippen molar-refractivity contribution in [3.05, 3.63) is 64.5 Å². The van der Waals surface area contributed by atoms with Crippen LogP contribution in [-0.2, 0) is 13.1 Å². The fourth-order valence-corrected chi connectivity index (χ4v) is 2.83. The van der Waals surface area contributed by atoms with Gasteiger partial charge in [0.1, 0.15) is 17.1 Å². The highest BCUT2D eigenvalue weighted by Crippen LogP contribution is 2.15. The van der Waals surface area contributed by atoms with Crippen LogP contribution >= 0.6 is 11.3 Å². The van der Waals surface area contributed by atoms with E-state index in [-0.39, 0.29) is 11.7 Å². The van der Waals surface area contributed by atoms with Crippen LogP contribution in [0.25, 0.3) is 0 Å². The Morgan fingerprint density at radius 1 is 1.26 bits per heavy atom. The Morgan fingerprint density at radius 3 is 2.74 bits per heavy atom. The Morgan fingerprint density at radius 2 is 2.11 bits per heavy atom. The molecule has 2 heterocycles. The number of carbonyl (C=O) groups excluding carboxylic acids is 1. The zero-order valence-electron chi connectivity index (χ0n) is 14.9. The molecule has 3 aromatic rings. The maximum atomic E-state index is 14.1. The van der Waals surface area contributed by atoms with Gasteiger partial charge in [0.05, 0.1) is 5.56 Å². The van der Waals surface area contributed by atoms with Crippen molar-refractivity contribution in [3.8, 4) is 0 Å². The number of halogens is 1. The molecule has 3 rings (SSSR count). The summed E-state index contributed by atoms with van der Waals surface area (Å²) in [6, 6.07) is 8.56. The van der Waals surface area contributed by atoms with Crippen molar-refractivity contribution in [1.29, 1.82) is 0 Å². The highest BCUT2D eigenvalue weighted by Gasteiger charge is 2.09. The van der Waals surface area contributed by atoms with E-state index in [9.17, 15) is 9.18 Å². The second-order valence-corrected chi connectivity index (χ2v) is 6.98. The van der Waals surface area contributed by atoms with E-state index in [1.54, 1.807) is 18.2 Å². The summed E-state index contributed by atoms with van der Waals surface area (Å²) < 4.78 is 14.1. The number of rotatable bonds is 7. The van der Waals surface area contributed by atoms with Gasteiger partial charge in [0.25, 0.3) is 5.91 Å². The van der Waals surface area contributed by atoms with Gasteiger partial charge < -0.3 is 10.2 Å². The number of pyridine rings is 1. The average Bonchev–Trinajstić information content (AvgIpc) is 3.15. The van der Waals surface area contributed by atoms with Gasteiger partial charge in [-0.15, -0.1) is 10.2 Å². The average molecular weight is 386 g/mol. The molecule has 0 spiro atoms. The van der Waals surface area contributed by atoms with Crippen LogP contribution < -0.4 is 10.6 Å². The van der Waals surface area contributed by atoms with Gasteiger partial charge in [-0.25, -0.2) is 9.37 Å². The van der Waals surface area contributed by atoms with E-state index in [0.29, 0.717) is 35.2 Å². The Kier molecular flexibility index (Phi) is 6.05. The molecule has 140 valence electrons. The number of hydrogen-bond acceptors (Lipinski definition) is 7. The van der Waals surface area contributed by atoms with E-state index >= 15 is 0 Å². The second-order valence-electron chi connectivity index (χ2n) is 6.15. The summed E-state index contributed by atoms with van der Waals surface area (Å²) in [5.74, 6) is 0.0734. The lowest BCUT2D eigenvalue weighted by Gasteiger charge is -2.12. The van der Waals surface area contributed by atoms with Crippen LogP contribution in [-0.4, -0.2) is 40.1 Å². The molecule has 27 heavy (non-hydrogen) atoms. The van der Waals surface area contributed by atoms with Gasteiger partial charge in [-0.3, -0.25) is 10.1 Å². The van der Waals surface area contributed by atoms with E-state index < -0.39 is 0 Å². The molecule has 1 aromatic carbocycles. The van der Waals surface area contributed by atoms with Gasteiger partial charge in [0, 0.05) is 24.8 Å². The minimum atomic E-state index is -0.302. The van der Waals surface area contributed by atoms with Crippen LogP contribution in [0.1, 0.15) is 21.5 Å². The van der Waals surface area contributed by atoms with Gasteiger partial charge in [-0.1, -0.05) is 23.5 Å². The monoisotopic (exact) mass is 386 g/mol. The number of carbonyl (C=O) groups is 1. The van der Waals surface area contributed by atoms with Crippen molar-refractivity contribution in [2.24, 2.45) is 0 Å². The fourth-order valence-electron chi connectivity index (χ4n) is 2.39. The minimum absolute atomic E-state index is 0.223. The molecular formula is C18H19FN6OS. The first-order valence-corrected chi connectivity index (χ1v) is 9.08. The molecule has 0 unspecified atom stereocenters. The number of nitrogens with zero attached hydrogens (tertiary/aromatic N) is 4. The molecule has 0 saturated carbocycles. The summed E-state index contributed by atoms with van der Waals surface area (Å²) in [5, 5.41) is 13.6. The lowest BCUT2D eigenvalue weighted by molar-refractivity contribution is 0.102. The van der Waals surface area contributed by atoms with E-state index in [2.05, 4.69) is 25.8 Å². The molecule has 0 aliphatic heterocycles. The highest BCUT2D eigenvalue weighted by atomic mass is 32.1. The molecule has 0 fully saturated rings. The van der Waals surface area contributed by atoms with E-state index in [1.807, 2.05) is 25.1 Å². The Labute approximate surface area is 160 Å². The van der Waals surface area contributed by atoms with Crippen LogP contribution in [0.2, 0.25) is 0 Å². The van der Waals surface area contributed by atoms with Crippen molar-refractivity contribution in [2.45, 2.75) is 13.1 Å². The summed E-state index contributed by atoms with van der Waals surface area (Å²) in [6.07, 6.45) is 1.47. The van der Waals surface area contributed by atoms with E-state index in [1.165, 1.54) is 29.1 Å². The third kappa shape index (κ3) is 5.28. The van der Waals surface area contributed by atoms with Crippen LogP contribution in [0, 0.1) is 5.82 Å². The summed E-state index contributed by atoms with van der Waals surface area (Å²) in [4.78, 5) is 18.2. The number of amides is 1. The summed E-state index contributed by atoms with van der Waals surface area (Å²) in [5.41, 5.74) is 3.42. The maximum absolute atomic E-state index is 14.1. The van der Waals surface area contributed by atoms with E-state index in [4.69, 9.17) is 0 Å². The standard InChI is InChI=1S/C18H19FN6OS/c1-25(2)10-14-4-3-12(7-15(14)19)8-20-16-6-5-13(9-21-16)17(26)23-18-24-22-11-27-18/h3-7,9,11H,8,10H2,1-2H3,(H,20,21)(H,23,24,26). The molecule has 7 nitrogen and oxygen atoms in total. The highest BCUT2D eigenvalue weighted by molar-refractivity contribution is 7.13. The predicted octanol–water partition coefficient (Wildman–Crippen LogP) is 3.00. The fraction of sp³-hybridized carbons (Fsp3) is 0.222. The topological polar surface area (TPSA) is 83.0 Å². The molecular weight excluding hydrogens is 367 g/mol. The first-order chi connectivity index (χ1) is 13.0. The van der Waals surface area contributed by atoms with Crippen molar-refractivity contribution in [2.75, 3.05) is 24.7 Å². The molecule has 0 aliphatic rings. The lowest BCUT2D eigenvalue weighted by Crippen LogP contribution is -2.13. The SMILES string of the molecule is CN(C)Cc1ccc(CNc2ccc(C(=O)Nc3nncs3)cn2)cc1F. The van der Waals surface area contributed by atoms with Gasteiger partial charge in [-0.2, -0.15) is 0 Å². The zero-order chi connectivity index (χ0) is 19.2. The zero-order valence-corrected chi connectivity index (χ0v) is 15.8. The number of hydrogen-bond donors (Lipinski definition) is 2. The molecule has 0 aliphatic carbocycles. The summed E-state index contributed by atoms with van der Waals surface area (Å²) in [6.45, 7) is 0.990. The van der Waals surface area contributed by atoms with Gasteiger partial charge in [0.2, 0.25) is 5.13 Å². The Balaban J connectivity index is 1.57. The first-order valence-electron chi connectivity index (χ1n) is 8.21. The first kappa shape index (κ1) is 18.9. The summed E-state index contributed by atoms with van der Waals surface area (Å²) in [7, 11) is 3.80. The Hall–Kier alpha value is -2.91. The molecule has 2 aromatic heterocycles. The largest absolute Gasteiger partial charge is 0.366 e. The van der Waals surface area contributed by atoms with Crippen LogP contribution in [0.3, 0.4) is 0 Å². The van der Waals surface area contributed by atoms with Gasteiger partial charge in [0.15, 0.2) is 0 Å². The number of benzene rings is 1. The molecule has 0 bridgehead atoms. The van der Waals surface area contributed by atoms with Crippen molar-refractivity contribution < 1.29 is 9.18 Å². The lowest BCUT2D eigenvalue weighted by atomic mass is 10.1.